The van der Waals surface area contributed by atoms with Gasteiger partial charge in [-0.05, 0) is 12.1 Å². The lowest BCUT2D eigenvalue weighted by atomic mass is 10.2. The van der Waals surface area contributed by atoms with E-state index >= 15 is 0 Å². The number of H-pyrrole nitrogens is 1. The maximum Gasteiger partial charge on any atom is 0.573 e. The molecule has 0 amide bonds. The van der Waals surface area contributed by atoms with Gasteiger partial charge in [-0.1, -0.05) is 98.7 Å². The summed E-state index contributed by atoms with van der Waals surface area (Å²) in [5.41, 5.74) is 0.423. The van der Waals surface area contributed by atoms with Crippen molar-refractivity contribution in [1.82, 2.24) is 20.0 Å². The number of alkyl halides is 4. The molecule has 16 heteroatoms. The van der Waals surface area contributed by atoms with Gasteiger partial charge in [0.2, 0.25) is 0 Å². The molecule has 4 aromatic rings. The Balaban J connectivity index is 0.000000224. The summed E-state index contributed by atoms with van der Waals surface area (Å²) in [6.45, 7) is 0.278. The molecule has 0 spiro atoms. The van der Waals surface area contributed by atoms with E-state index in [9.17, 15) is 22.8 Å². The fourth-order valence-electron chi connectivity index (χ4n) is 2.75. The van der Waals surface area contributed by atoms with Gasteiger partial charge < -0.3 is 9.47 Å². The number of hydrogen-bond donors (Lipinski definition) is 1. The van der Waals surface area contributed by atoms with Gasteiger partial charge in [-0.3, -0.25) is 9.59 Å². The monoisotopic (exact) mass is 702 g/mol. The fraction of sp³-hybridized carbons (Fsp3) is 0.167. The maximum absolute atomic E-state index is 11.8. The number of para-hydroxylation sites is 2. The molecule has 8 nitrogen and oxygen atoms in total. The molecule has 4 rings (SSSR count). The normalized spacial score (nSPS) is 10.5. The standard InChI is InChI=1S/C12H10Cl2N2O2.C8H6BrF3O.C4H2Cl2N2O/c1-18-10-5-3-2-4-8(10)7-16-12(17)11(14)9(13)6-15-16;9-5-6-3-1-2-4-7(6)13-8(10,11)12;5-2-1-7-8-4(9)3(2)6/h2-6H,7H2,1H3;1-4H,5H2;1H,(H,8,9). The second kappa shape index (κ2) is 15.9. The van der Waals surface area contributed by atoms with Crippen molar-refractivity contribution >= 4 is 62.3 Å². The fourth-order valence-corrected chi connectivity index (χ4v) is 3.71. The van der Waals surface area contributed by atoms with Gasteiger partial charge in [0, 0.05) is 16.5 Å². The molecular formula is C24H18BrCl4F3N4O4. The molecule has 0 unspecified atom stereocenters. The third-order valence-corrected chi connectivity index (χ3v) is 6.66. The number of ether oxygens (including phenoxy) is 2. The summed E-state index contributed by atoms with van der Waals surface area (Å²) < 4.78 is 45.7. The summed E-state index contributed by atoms with van der Waals surface area (Å²) in [6.07, 6.45) is -2.01. The van der Waals surface area contributed by atoms with E-state index in [1.165, 1.54) is 29.2 Å². The van der Waals surface area contributed by atoms with Crippen molar-refractivity contribution in [2.24, 2.45) is 0 Å². The Morgan fingerprint density at radius 2 is 1.48 bits per heavy atom. The molecule has 214 valence electrons. The number of aromatic nitrogens is 4. The van der Waals surface area contributed by atoms with Gasteiger partial charge in [-0.15, -0.1) is 13.2 Å². The van der Waals surface area contributed by atoms with E-state index in [0.29, 0.717) is 16.6 Å². The van der Waals surface area contributed by atoms with E-state index in [0.717, 1.165) is 5.56 Å². The van der Waals surface area contributed by atoms with Crippen LogP contribution in [0.5, 0.6) is 11.5 Å². The Hall–Kier alpha value is -2.77. The topological polar surface area (TPSA) is 99.1 Å². The number of benzene rings is 2. The van der Waals surface area contributed by atoms with Crippen molar-refractivity contribution in [3.63, 3.8) is 0 Å². The van der Waals surface area contributed by atoms with Crippen LogP contribution in [0.3, 0.4) is 0 Å². The molecule has 2 aromatic carbocycles. The summed E-state index contributed by atoms with van der Waals surface area (Å²) in [5, 5.41) is 10.1. The quantitative estimate of drug-likeness (QED) is 0.222. The van der Waals surface area contributed by atoms with E-state index in [4.69, 9.17) is 51.1 Å². The zero-order valence-electron chi connectivity index (χ0n) is 20.2. The van der Waals surface area contributed by atoms with E-state index in [1.54, 1.807) is 19.2 Å². The first-order valence-electron chi connectivity index (χ1n) is 10.7. The van der Waals surface area contributed by atoms with Crippen molar-refractivity contribution in [2.45, 2.75) is 18.2 Å². The van der Waals surface area contributed by atoms with Crippen LogP contribution in [0.4, 0.5) is 13.2 Å². The second-order valence-corrected chi connectivity index (χ2v) is 9.36. The Kier molecular flexibility index (Phi) is 13.3. The van der Waals surface area contributed by atoms with E-state index in [2.05, 4.69) is 36.0 Å². The average molecular weight is 705 g/mol. The molecule has 0 saturated carbocycles. The molecular weight excluding hydrogens is 687 g/mol. The number of halogens is 8. The van der Waals surface area contributed by atoms with Gasteiger partial charge in [0.15, 0.2) is 0 Å². The number of nitrogens with zero attached hydrogens (tertiary/aromatic N) is 3. The van der Waals surface area contributed by atoms with Crippen molar-refractivity contribution in [3.8, 4) is 11.5 Å². The van der Waals surface area contributed by atoms with Crippen LogP contribution in [0.25, 0.3) is 0 Å². The van der Waals surface area contributed by atoms with Gasteiger partial charge in [-0.25, -0.2) is 9.78 Å². The van der Waals surface area contributed by atoms with Crippen LogP contribution in [-0.2, 0) is 11.9 Å². The number of aromatic amines is 1. The predicted octanol–water partition coefficient (Wildman–Crippen LogP) is 7.16. The van der Waals surface area contributed by atoms with Crippen molar-refractivity contribution < 1.29 is 22.6 Å². The van der Waals surface area contributed by atoms with E-state index in [-0.39, 0.29) is 32.4 Å². The highest BCUT2D eigenvalue weighted by Gasteiger charge is 2.31. The Labute approximate surface area is 253 Å². The molecule has 40 heavy (non-hydrogen) atoms. The molecule has 0 aliphatic carbocycles. The third-order valence-electron chi connectivity index (χ3n) is 4.55. The van der Waals surface area contributed by atoms with Gasteiger partial charge >= 0.3 is 6.36 Å². The minimum Gasteiger partial charge on any atom is -0.496 e. The lowest BCUT2D eigenvalue weighted by Crippen LogP contribution is -2.23. The largest absolute Gasteiger partial charge is 0.573 e. The summed E-state index contributed by atoms with van der Waals surface area (Å²) in [6, 6.07) is 13.4. The molecule has 0 radical (unpaired) electrons. The third kappa shape index (κ3) is 10.3. The summed E-state index contributed by atoms with van der Waals surface area (Å²) in [7, 11) is 1.57. The highest BCUT2D eigenvalue weighted by Crippen LogP contribution is 2.27. The molecule has 2 heterocycles. The Morgan fingerprint density at radius 1 is 0.900 bits per heavy atom. The van der Waals surface area contributed by atoms with Crippen LogP contribution in [-0.4, -0.2) is 33.5 Å². The molecule has 0 atom stereocenters. The number of nitrogens with one attached hydrogen (secondary N) is 1. The van der Waals surface area contributed by atoms with Gasteiger partial charge in [-0.2, -0.15) is 10.2 Å². The number of rotatable bonds is 5. The van der Waals surface area contributed by atoms with Crippen LogP contribution < -0.4 is 20.6 Å². The highest BCUT2D eigenvalue weighted by atomic mass is 79.9. The molecule has 0 aliphatic heterocycles. The molecule has 0 saturated heterocycles. The van der Waals surface area contributed by atoms with Crippen molar-refractivity contribution in [1.29, 1.82) is 0 Å². The van der Waals surface area contributed by atoms with Crippen LogP contribution in [0, 0.1) is 0 Å². The minimum absolute atomic E-state index is 0.0216. The second-order valence-electron chi connectivity index (χ2n) is 7.23. The van der Waals surface area contributed by atoms with Crippen LogP contribution >= 0.6 is 62.3 Å². The zero-order valence-corrected chi connectivity index (χ0v) is 24.8. The molecule has 2 aromatic heterocycles. The molecule has 0 bridgehead atoms. The molecule has 0 aliphatic rings. The summed E-state index contributed by atoms with van der Waals surface area (Å²) in [5.74, 6) is 0.532. The zero-order chi connectivity index (χ0) is 29.9. The van der Waals surface area contributed by atoms with E-state index < -0.39 is 17.5 Å². The van der Waals surface area contributed by atoms with Crippen molar-refractivity contribution in [3.05, 3.63) is 113 Å². The average Bonchev–Trinajstić information content (AvgIpc) is 2.92. The summed E-state index contributed by atoms with van der Waals surface area (Å²) in [4.78, 5) is 22.3. The first kappa shape index (κ1) is 33.4. The first-order chi connectivity index (χ1) is 18.9. The lowest BCUT2D eigenvalue weighted by molar-refractivity contribution is -0.274. The van der Waals surface area contributed by atoms with Crippen LogP contribution in [0.2, 0.25) is 20.1 Å². The van der Waals surface area contributed by atoms with Gasteiger partial charge in [0.1, 0.15) is 21.5 Å². The first-order valence-corrected chi connectivity index (χ1v) is 13.3. The molecule has 0 fully saturated rings. The highest BCUT2D eigenvalue weighted by molar-refractivity contribution is 9.08. The SMILES string of the molecule is COc1ccccc1Cn1ncc(Cl)c(Cl)c1=O.FC(F)(F)Oc1ccccc1CBr.O=c1[nH]ncc(Cl)c1Cl. The Bertz CT molecular complexity index is 1540. The van der Waals surface area contributed by atoms with E-state index in [1.807, 2.05) is 24.3 Å². The minimum atomic E-state index is -4.63. The predicted molar refractivity (Wildman–Crippen MR) is 151 cm³/mol. The van der Waals surface area contributed by atoms with Crippen LogP contribution in [0.15, 0.2) is 70.5 Å². The smallest absolute Gasteiger partial charge is 0.496 e. The number of hydrogen-bond acceptors (Lipinski definition) is 6. The lowest BCUT2D eigenvalue weighted by Gasteiger charge is -2.11. The molecule has 1 N–H and O–H groups in total. The maximum atomic E-state index is 11.8. The Morgan fingerprint density at radius 3 is 2.02 bits per heavy atom. The van der Waals surface area contributed by atoms with Gasteiger partial charge in [0.25, 0.3) is 11.1 Å². The number of methoxy groups -OCH3 is 1. The van der Waals surface area contributed by atoms with Gasteiger partial charge in [0.05, 0.1) is 36.1 Å². The van der Waals surface area contributed by atoms with Crippen LogP contribution in [0.1, 0.15) is 11.1 Å². The van der Waals surface area contributed by atoms with Crippen molar-refractivity contribution in [2.75, 3.05) is 7.11 Å². The summed E-state index contributed by atoms with van der Waals surface area (Å²) >= 11 is 25.3.